The van der Waals surface area contributed by atoms with E-state index in [2.05, 4.69) is 36.9 Å². The molecule has 6 amide bonds. The van der Waals surface area contributed by atoms with E-state index in [9.17, 15) is 28.8 Å². The Morgan fingerprint density at radius 2 is 1.64 bits per heavy atom. The summed E-state index contributed by atoms with van der Waals surface area (Å²) < 4.78 is 1.72. The molecule has 1 saturated heterocycles. The van der Waals surface area contributed by atoms with Crippen molar-refractivity contribution in [3.63, 3.8) is 0 Å². The first-order valence-electron chi connectivity index (χ1n) is 19.9. The summed E-state index contributed by atoms with van der Waals surface area (Å²) in [6, 6.07) is -4.94. The average Bonchev–Trinajstić information content (AvgIpc) is 3.81. The highest BCUT2D eigenvalue weighted by atomic mass is 16.2. The molecule has 4 rings (SSSR count). The first-order chi connectivity index (χ1) is 26.1. The SMILES string of the molecule is CC(C)(C)[C@H](NC(=O)[C@H](CCCNC(=N)N)NC(=O)[C@@H]1CCc2cn(nn2)CCCCCC(=O)N2CCC[C@H]2C(=O)N[C@@H](C2CCCCC2)C(=O)N1)C(N)=O. The molecular weight excluding hydrogens is 708 g/mol. The van der Waals surface area contributed by atoms with Gasteiger partial charge >= 0.3 is 0 Å². The number of primary amides is 1. The standard InChI is InChI=1S/C37H62N12O6/c1-37(2,3)30(31(38)51)45-33(53)25(14-10-19-41-36(39)40)42-32(52)26-18-17-24-22-48(47-46-24)20-9-5-8-16-28(50)49-21-11-15-27(49)34(54)44-29(35(55)43-26)23-12-6-4-7-13-23/h22-23,25-27,29-30H,4-21H2,1-3H3,(H2,38,51)(H,42,52)(H,43,55)(H,44,54)(H,45,53)(H4,39,40,41)/t25-,26-,27-,29-,30+/m0/s1. The molecule has 0 spiro atoms. The summed E-state index contributed by atoms with van der Waals surface area (Å²) >= 11 is 0. The Bertz CT molecular complexity index is 1520. The van der Waals surface area contributed by atoms with Gasteiger partial charge in [0.25, 0.3) is 0 Å². The molecule has 2 bridgehead atoms. The van der Waals surface area contributed by atoms with Gasteiger partial charge in [-0.2, -0.15) is 0 Å². The molecule has 10 N–H and O–H groups in total. The van der Waals surface area contributed by atoms with Gasteiger partial charge in [-0.25, -0.2) is 0 Å². The number of carbonyl (C=O) groups excluding carboxylic acids is 6. The van der Waals surface area contributed by atoms with Crippen LogP contribution in [0.1, 0.15) is 116 Å². The van der Waals surface area contributed by atoms with Crippen LogP contribution in [0.3, 0.4) is 0 Å². The van der Waals surface area contributed by atoms with Gasteiger partial charge in [0, 0.05) is 32.3 Å². The summed E-state index contributed by atoms with van der Waals surface area (Å²) in [7, 11) is 0. The number of aryl methyl sites for hydroxylation is 2. The molecule has 18 heteroatoms. The first-order valence-corrected chi connectivity index (χ1v) is 19.9. The normalized spacial score (nSPS) is 23.4. The smallest absolute Gasteiger partial charge is 0.243 e. The highest BCUT2D eigenvalue weighted by Crippen LogP contribution is 2.28. The van der Waals surface area contributed by atoms with Crippen LogP contribution >= 0.6 is 0 Å². The molecule has 0 aromatic carbocycles. The van der Waals surface area contributed by atoms with Crippen molar-refractivity contribution >= 4 is 41.4 Å². The van der Waals surface area contributed by atoms with E-state index in [4.69, 9.17) is 16.9 Å². The maximum Gasteiger partial charge on any atom is 0.243 e. The highest BCUT2D eigenvalue weighted by Gasteiger charge is 2.40. The minimum absolute atomic E-state index is 0.0747. The lowest BCUT2D eigenvalue weighted by atomic mass is 9.83. The summed E-state index contributed by atoms with van der Waals surface area (Å²) in [6.07, 6.45) is 10.7. The fraction of sp³-hybridized carbons (Fsp3) is 0.757. The topological polar surface area (TPSA) is 272 Å². The zero-order chi connectivity index (χ0) is 40.1. The third-order valence-corrected chi connectivity index (χ3v) is 10.8. The van der Waals surface area contributed by atoms with Crippen molar-refractivity contribution < 1.29 is 28.8 Å². The van der Waals surface area contributed by atoms with Gasteiger partial charge in [-0.3, -0.25) is 38.9 Å². The highest BCUT2D eigenvalue weighted by molar-refractivity contribution is 5.96. The van der Waals surface area contributed by atoms with Gasteiger partial charge in [0.05, 0.1) is 5.69 Å². The number of hydrogen-bond acceptors (Lipinski definition) is 9. The Morgan fingerprint density at radius 1 is 0.909 bits per heavy atom. The summed E-state index contributed by atoms with van der Waals surface area (Å²) in [5.41, 5.74) is 11.0. The maximum absolute atomic E-state index is 14.3. The predicted molar refractivity (Wildman–Crippen MR) is 204 cm³/mol. The van der Waals surface area contributed by atoms with E-state index in [-0.39, 0.29) is 49.5 Å². The molecule has 1 aromatic rings. The van der Waals surface area contributed by atoms with Crippen molar-refractivity contribution in [2.24, 2.45) is 22.8 Å². The van der Waals surface area contributed by atoms with Crippen LogP contribution in [0.4, 0.5) is 0 Å². The van der Waals surface area contributed by atoms with E-state index >= 15 is 0 Å². The van der Waals surface area contributed by atoms with Crippen LogP contribution in [-0.2, 0) is 41.7 Å². The zero-order valence-electron chi connectivity index (χ0n) is 32.7. The van der Waals surface area contributed by atoms with E-state index in [0.29, 0.717) is 50.9 Å². The molecule has 0 unspecified atom stereocenters. The zero-order valence-corrected chi connectivity index (χ0v) is 32.7. The van der Waals surface area contributed by atoms with Gasteiger partial charge in [0.2, 0.25) is 35.4 Å². The number of aromatic nitrogens is 3. The number of hydrogen-bond donors (Lipinski definition) is 8. The number of fused-ring (bicyclic) bond motifs is 3. The lowest BCUT2D eigenvalue weighted by Crippen LogP contribution is -2.61. The average molecular weight is 771 g/mol. The van der Waals surface area contributed by atoms with Crippen molar-refractivity contribution in [3.8, 4) is 0 Å². The minimum Gasteiger partial charge on any atom is -0.370 e. The number of carbonyl (C=O) groups is 6. The van der Waals surface area contributed by atoms with Crippen molar-refractivity contribution in [1.82, 2.24) is 46.5 Å². The Balaban J connectivity index is 1.63. The minimum atomic E-state index is -1.15. The van der Waals surface area contributed by atoms with Gasteiger partial charge in [-0.05, 0) is 75.5 Å². The first kappa shape index (κ1) is 43.0. The molecule has 2 aliphatic heterocycles. The second-order valence-corrected chi connectivity index (χ2v) is 16.3. The Hall–Kier alpha value is -4.77. The van der Waals surface area contributed by atoms with E-state index in [0.717, 1.165) is 44.9 Å². The lowest BCUT2D eigenvalue weighted by molar-refractivity contribution is -0.140. The molecule has 3 heterocycles. The second kappa shape index (κ2) is 20.2. The van der Waals surface area contributed by atoms with Crippen LogP contribution in [0.15, 0.2) is 6.20 Å². The monoisotopic (exact) mass is 770 g/mol. The number of nitrogens with two attached hydrogens (primary N) is 2. The fourth-order valence-corrected chi connectivity index (χ4v) is 7.74. The molecule has 5 atom stereocenters. The Morgan fingerprint density at radius 3 is 2.33 bits per heavy atom. The van der Waals surface area contributed by atoms with Crippen LogP contribution in [-0.4, -0.2) is 105 Å². The molecule has 18 nitrogen and oxygen atoms in total. The van der Waals surface area contributed by atoms with E-state index in [1.165, 1.54) is 0 Å². The molecule has 1 saturated carbocycles. The van der Waals surface area contributed by atoms with Crippen molar-refractivity contribution in [2.75, 3.05) is 13.1 Å². The van der Waals surface area contributed by atoms with Crippen molar-refractivity contribution in [1.29, 1.82) is 5.41 Å². The molecule has 0 radical (unpaired) electrons. The molecule has 1 aliphatic carbocycles. The van der Waals surface area contributed by atoms with Crippen LogP contribution in [0, 0.1) is 16.7 Å². The van der Waals surface area contributed by atoms with Gasteiger partial charge in [-0.15, -0.1) is 5.10 Å². The lowest BCUT2D eigenvalue weighted by Gasteiger charge is -2.33. The predicted octanol–water partition coefficient (Wildman–Crippen LogP) is 0.0899. The van der Waals surface area contributed by atoms with Crippen molar-refractivity contribution in [2.45, 2.75) is 154 Å². The third-order valence-electron chi connectivity index (χ3n) is 10.8. The van der Waals surface area contributed by atoms with Gasteiger partial charge < -0.3 is 43.0 Å². The van der Waals surface area contributed by atoms with Gasteiger partial charge in [0.1, 0.15) is 30.2 Å². The number of amides is 6. The van der Waals surface area contributed by atoms with E-state index in [1.807, 2.05) is 0 Å². The number of nitrogens with one attached hydrogen (secondary N) is 6. The number of nitrogens with zero attached hydrogens (tertiary/aromatic N) is 4. The fourth-order valence-electron chi connectivity index (χ4n) is 7.74. The molecule has 1 aromatic heterocycles. The molecule has 3 aliphatic rings. The summed E-state index contributed by atoms with van der Waals surface area (Å²) in [6.45, 7) is 6.59. The summed E-state index contributed by atoms with van der Waals surface area (Å²) in [4.78, 5) is 83.4. The quantitative estimate of drug-likeness (QED) is 0.0902. The van der Waals surface area contributed by atoms with Crippen molar-refractivity contribution in [3.05, 3.63) is 11.9 Å². The van der Waals surface area contributed by atoms with Crippen LogP contribution in [0.5, 0.6) is 0 Å². The van der Waals surface area contributed by atoms with Gasteiger partial charge in [0.15, 0.2) is 5.96 Å². The largest absolute Gasteiger partial charge is 0.370 e. The van der Waals surface area contributed by atoms with E-state index < -0.39 is 59.3 Å². The summed E-state index contributed by atoms with van der Waals surface area (Å²) in [5.74, 6) is -3.39. The molecule has 55 heavy (non-hydrogen) atoms. The second-order valence-electron chi connectivity index (χ2n) is 16.3. The molecule has 306 valence electrons. The van der Waals surface area contributed by atoms with Crippen LogP contribution in [0.2, 0.25) is 0 Å². The number of guanidine groups is 1. The van der Waals surface area contributed by atoms with Crippen LogP contribution < -0.4 is 38.1 Å². The number of rotatable bonds is 10. The molecular formula is C37H62N12O6. The van der Waals surface area contributed by atoms with E-state index in [1.54, 1.807) is 36.5 Å². The summed E-state index contributed by atoms with van der Waals surface area (Å²) in [5, 5.41) is 30.1. The Kier molecular flexibility index (Phi) is 15.8. The molecule has 2 fully saturated rings. The van der Waals surface area contributed by atoms with Gasteiger partial charge in [-0.1, -0.05) is 51.7 Å². The third kappa shape index (κ3) is 12.9. The van der Waals surface area contributed by atoms with Crippen LogP contribution in [0.25, 0.3) is 0 Å². The Labute approximate surface area is 323 Å². The maximum atomic E-state index is 14.3.